The molecule has 2 aliphatic heterocycles. The van der Waals surface area contributed by atoms with Gasteiger partial charge in [-0.25, -0.2) is 19.6 Å². The van der Waals surface area contributed by atoms with Crippen molar-refractivity contribution in [3.05, 3.63) is 72.6 Å². The molecule has 56 heavy (non-hydrogen) atoms. The third-order valence-electron chi connectivity index (χ3n) is 11.8. The Kier molecular flexibility index (Phi) is 11.4. The van der Waals surface area contributed by atoms with Gasteiger partial charge in [-0.3, -0.25) is 14.5 Å². The van der Waals surface area contributed by atoms with E-state index >= 15 is 0 Å². The number of aromatic nitrogens is 4. The van der Waals surface area contributed by atoms with Crippen LogP contribution in [0, 0.1) is 11.8 Å². The quantitative estimate of drug-likeness (QED) is 0.133. The Hall–Kier alpha value is -5.66. The highest BCUT2D eigenvalue weighted by atomic mass is 16.5. The maximum atomic E-state index is 13.8. The molecule has 4 heterocycles. The molecule has 3 fully saturated rings. The molecule has 1 aliphatic carbocycles. The first-order valence-corrected chi connectivity index (χ1v) is 19.8. The summed E-state index contributed by atoms with van der Waals surface area (Å²) in [5.74, 6) is 0.919. The molecule has 5 atom stereocenters. The molecule has 1 saturated carbocycles. The van der Waals surface area contributed by atoms with Crippen LogP contribution in [0.3, 0.4) is 0 Å². The maximum absolute atomic E-state index is 13.8. The number of hydrogen-bond donors (Lipinski definition) is 4. The first kappa shape index (κ1) is 38.6. The highest BCUT2D eigenvalue weighted by molar-refractivity contribution is 5.86. The van der Waals surface area contributed by atoms with Crippen molar-refractivity contribution in [1.82, 2.24) is 40.0 Å². The highest BCUT2D eigenvalue weighted by Crippen LogP contribution is 2.37. The average Bonchev–Trinajstić information content (AvgIpc) is 4.05. The molecular formula is C42H52N8O6. The number of likely N-dealkylation sites (N-methyl/N-ethyl adjacent to an activating group) is 1. The Labute approximate surface area is 327 Å². The van der Waals surface area contributed by atoms with Crippen LogP contribution in [0.25, 0.3) is 33.6 Å². The number of carbonyl (C=O) groups is 4. The van der Waals surface area contributed by atoms with Gasteiger partial charge >= 0.3 is 12.2 Å². The normalized spacial score (nSPS) is 21.6. The first-order chi connectivity index (χ1) is 27.0. The summed E-state index contributed by atoms with van der Waals surface area (Å²) < 4.78 is 4.82. The molecule has 296 valence electrons. The molecule has 14 heteroatoms. The third-order valence-corrected chi connectivity index (χ3v) is 11.8. The number of rotatable bonds is 10. The van der Waals surface area contributed by atoms with Crippen molar-refractivity contribution >= 4 is 24.0 Å². The van der Waals surface area contributed by atoms with Crippen LogP contribution in [-0.2, 0) is 14.3 Å². The first-order valence-electron chi connectivity index (χ1n) is 19.8. The highest BCUT2D eigenvalue weighted by Gasteiger charge is 2.41. The van der Waals surface area contributed by atoms with Gasteiger partial charge in [0.05, 0.1) is 48.9 Å². The number of H-pyrrole nitrogens is 2. The zero-order chi connectivity index (χ0) is 39.5. The van der Waals surface area contributed by atoms with E-state index in [2.05, 4.69) is 56.7 Å². The Morgan fingerprint density at radius 2 is 1.27 bits per heavy atom. The van der Waals surface area contributed by atoms with Crippen LogP contribution in [-0.4, -0.2) is 103 Å². The Morgan fingerprint density at radius 3 is 1.79 bits per heavy atom. The topological polar surface area (TPSA) is 177 Å². The number of aromatic amines is 2. The van der Waals surface area contributed by atoms with E-state index in [0.717, 1.165) is 95.7 Å². The summed E-state index contributed by atoms with van der Waals surface area (Å²) in [6.45, 7) is 4.96. The predicted molar refractivity (Wildman–Crippen MR) is 210 cm³/mol. The fourth-order valence-corrected chi connectivity index (χ4v) is 8.83. The lowest BCUT2D eigenvalue weighted by molar-refractivity contribution is -0.139. The van der Waals surface area contributed by atoms with Gasteiger partial charge in [-0.15, -0.1) is 0 Å². The van der Waals surface area contributed by atoms with Gasteiger partial charge in [-0.1, -0.05) is 75.2 Å². The average molecular weight is 765 g/mol. The standard InChI is InChI=1S/C42H52N8O6/c1-25(2)36(48(3)42(54)55)40(52)50-22-8-12-35(50)38-44-24-33(46-38)29-19-15-27(16-20-29)26-13-17-28(18-14-26)32-23-43-37(45-32)34-11-7-21-49(34)39(51)30-9-5-6-10-31(30)47-41(53)56-4/h13-20,23-25,30-31,34-36H,5-12,21-22H2,1-4H3,(H,43,45)(H,44,46)(H,47,53)(H,54,55)/t30-,31+,34-,35-,36-/m0/s1. The van der Waals surface area contributed by atoms with Gasteiger partial charge in [0.25, 0.3) is 0 Å². The Bertz CT molecular complexity index is 2020. The number of carboxylic acid groups (broad SMARTS) is 1. The summed E-state index contributed by atoms with van der Waals surface area (Å²) in [5, 5.41) is 12.5. The lowest BCUT2D eigenvalue weighted by Gasteiger charge is -2.35. The molecule has 4 aromatic rings. The number of ether oxygens (including phenoxy) is 1. The smallest absolute Gasteiger partial charge is 0.407 e. The van der Waals surface area contributed by atoms with Gasteiger partial charge in [0.15, 0.2) is 0 Å². The number of methoxy groups -OCH3 is 1. The van der Waals surface area contributed by atoms with Gasteiger partial charge in [0.2, 0.25) is 11.8 Å². The second-order valence-electron chi connectivity index (χ2n) is 15.6. The number of nitrogens with one attached hydrogen (secondary N) is 3. The number of alkyl carbamates (subject to hydrolysis) is 1. The van der Waals surface area contributed by atoms with Crippen LogP contribution in [0.15, 0.2) is 60.9 Å². The van der Waals surface area contributed by atoms with Gasteiger partial charge in [0.1, 0.15) is 17.7 Å². The number of nitrogens with zero attached hydrogens (tertiary/aromatic N) is 5. The second-order valence-corrected chi connectivity index (χ2v) is 15.6. The van der Waals surface area contributed by atoms with Crippen molar-refractivity contribution < 1.29 is 29.0 Å². The van der Waals surface area contributed by atoms with E-state index in [0.29, 0.717) is 18.9 Å². The van der Waals surface area contributed by atoms with E-state index in [4.69, 9.17) is 9.72 Å². The Morgan fingerprint density at radius 1 is 0.768 bits per heavy atom. The molecule has 14 nitrogen and oxygen atoms in total. The lowest BCUT2D eigenvalue weighted by Crippen LogP contribution is -2.51. The summed E-state index contributed by atoms with van der Waals surface area (Å²) in [4.78, 5) is 72.3. The predicted octanol–water partition coefficient (Wildman–Crippen LogP) is 7.01. The number of likely N-dealkylation sites (tertiary alicyclic amines) is 2. The summed E-state index contributed by atoms with van der Waals surface area (Å²) in [6, 6.07) is 15.2. The van der Waals surface area contributed by atoms with Crippen LogP contribution in [0.1, 0.15) is 88.9 Å². The fourth-order valence-electron chi connectivity index (χ4n) is 8.83. The van der Waals surface area contributed by atoms with E-state index in [9.17, 15) is 24.3 Å². The molecule has 0 radical (unpaired) electrons. The molecule has 2 aromatic carbocycles. The van der Waals surface area contributed by atoms with Crippen molar-refractivity contribution in [2.24, 2.45) is 11.8 Å². The van der Waals surface area contributed by atoms with E-state index < -0.39 is 18.2 Å². The van der Waals surface area contributed by atoms with Gasteiger partial charge in [-0.2, -0.15) is 0 Å². The zero-order valence-electron chi connectivity index (χ0n) is 32.5. The number of hydrogen-bond acceptors (Lipinski definition) is 7. The summed E-state index contributed by atoms with van der Waals surface area (Å²) >= 11 is 0. The van der Waals surface area contributed by atoms with Gasteiger partial charge in [0, 0.05) is 26.2 Å². The third kappa shape index (κ3) is 7.87. The second kappa shape index (κ2) is 16.6. The fraction of sp³-hybridized carbons (Fsp3) is 0.476. The van der Waals surface area contributed by atoms with E-state index in [1.807, 2.05) is 37.1 Å². The van der Waals surface area contributed by atoms with Crippen molar-refractivity contribution in [1.29, 1.82) is 0 Å². The molecule has 0 unspecified atom stereocenters. The van der Waals surface area contributed by atoms with E-state index in [1.54, 1.807) is 11.1 Å². The summed E-state index contributed by atoms with van der Waals surface area (Å²) in [7, 11) is 2.80. The molecule has 4 amide bonds. The van der Waals surface area contributed by atoms with Crippen molar-refractivity contribution in [3.8, 4) is 33.6 Å². The largest absolute Gasteiger partial charge is 0.465 e. The lowest BCUT2D eigenvalue weighted by atomic mass is 9.83. The van der Waals surface area contributed by atoms with Crippen molar-refractivity contribution in [2.75, 3.05) is 27.2 Å². The number of carbonyl (C=O) groups excluding carboxylic acids is 3. The minimum absolute atomic E-state index is 0.0739. The van der Waals surface area contributed by atoms with Gasteiger partial charge in [-0.05, 0) is 66.7 Å². The zero-order valence-corrected chi connectivity index (χ0v) is 32.5. The number of imidazole rings is 2. The molecule has 3 aliphatic rings. The van der Waals surface area contributed by atoms with Crippen LogP contribution < -0.4 is 5.32 Å². The summed E-state index contributed by atoms with van der Waals surface area (Å²) in [6.07, 6.45) is 8.76. The van der Waals surface area contributed by atoms with Gasteiger partial charge < -0.3 is 34.9 Å². The molecule has 0 bridgehead atoms. The molecule has 7 rings (SSSR count). The molecule has 4 N–H and O–H groups in total. The minimum Gasteiger partial charge on any atom is -0.465 e. The van der Waals surface area contributed by atoms with Crippen LogP contribution in [0.4, 0.5) is 9.59 Å². The molecule has 2 aromatic heterocycles. The number of amides is 4. The van der Waals surface area contributed by atoms with Crippen molar-refractivity contribution in [2.45, 2.75) is 89.4 Å². The van der Waals surface area contributed by atoms with E-state index in [1.165, 1.54) is 14.2 Å². The monoisotopic (exact) mass is 764 g/mol. The molecule has 0 spiro atoms. The SMILES string of the molecule is COC(=O)N[C@@H]1CCCC[C@@H]1C(=O)N1CCC[C@H]1c1ncc(-c2ccc(-c3ccc(-c4cnc([C@@H]5CCCN5C(=O)[C@H](C(C)C)N(C)C(=O)O)[nH]4)cc3)cc2)[nH]1. The minimum atomic E-state index is -1.12. The van der Waals surface area contributed by atoms with Crippen LogP contribution >= 0.6 is 0 Å². The van der Waals surface area contributed by atoms with E-state index in [-0.39, 0.29) is 41.8 Å². The van der Waals surface area contributed by atoms with Crippen molar-refractivity contribution in [3.63, 3.8) is 0 Å². The summed E-state index contributed by atoms with van der Waals surface area (Å²) in [5.41, 5.74) is 5.81. The maximum Gasteiger partial charge on any atom is 0.407 e. The van der Waals surface area contributed by atoms with Crippen LogP contribution in [0.5, 0.6) is 0 Å². The molecular weight excluding hydrogens is 713 g/mol. The molecule has 2 saturated heterocycles. The van der Waals surface area contributed by atoms with Crippen LogP contribution in [0.2, 0.25) is 0 Å². The Balaban J connectivity index is 0.997. The number of benzene rings is 2.